The molecule has 1 amide bonds. The van der Waals surface area contributed by atoms with Gasteiger partial charge in [0.25, 0.3) is 0 Å². The third-order valence-electron chi connectivity index (χ3n) is 4.25. The van der Waals surface area contributed by atoms with Crippen LogP contribution in [0.3, 0.4) is 0 Å². The van der Waals surface area contributed by atoms with Gasteiger partial charge in [0, 0.05) is 12.5 Å². The second-order valence-electron chi connectivity index (χ2n) is 6.19. The van der Waals surface area contributed by atoms with E-state index >= 15 is 0 Å². The predicted molar refractivity (Wildman–Crippen MR) is 98.5 cm³/mol. The molecule has 25 heavy (non-hydrogen) atoms. The molecule has 0 aromatic heterocycles. The lowest BCUT2D eigenvalue weighted by Crippen LogP contribution is -2.38. The summed E-state index contributed by atoms with van der Waals surface area (Å²) in [5.41, 5.74) is 3.29. The molecule has 0 bridgehead atoms. The molecule has 0 heterocycles. The molecule has 1 unspecified atom stereocenters. The molecule has 132 valence electrons. The predicted octanol–water partition coefficient (Wildman–Crippen LogP) is 3.38. The van der Waals surface area contributed by atoms with Gasteiger partial charge in [-0.1, -0.05) is 61.5 Å². The highest BCUT2D eigenvalue weighted by atomic mass is 16.4. The van der Waals surface area contributed by atoms with Gasteiger partial charge in [-0.15, -0.1) is 0 Å². The Morgan fingerprint density at radius 2 is 1.64 bits per heavy atom. The van der Waals surface area contributed by atoms with Crippen molar-refractivity contribution in [2.45, 2.75) is 45.1 Å². The Balaban J connectivity index is 2.01. The number of carbonyl (C=O) groups is 2. The Hall–Kier alpha value is -2.62. The van der Waals surface area contributed by atoms with Crippen molar-refractivity contribution in [1.29, 1.82) is 0 Å². The van der Waals surface area contributed by atoms with Gasteiger partial charge in [0.1, 0.15) is 0 Å². The monoisotopic (exact) mass is 339 g/mol. The lowest BCUT2D eigenvalue weighted by molar-refractivity contribution is -0.137. The average molecular weight is 339 g/mol. The van der Waals surface area contributed by atoms with Crippen LogP contribution in [0.25, 0.3) is 0 Å². The molecule has 0 radical (unpaired) electrons. The van der Waals surface area contributed by atoms with E-state index in [2.05, 4.69) is 12.2 Å². The number of aryl methyl sites for hydroxylation is 1. The summed E-state index contributed by atoms with van der Waals surface area (Å²) in [4.78, 5) is 23.4. The van der Waals surface area contributed by atoms with E-state index in [1.165, 1.54) is 5.56 Å². The SMILES string of the molecule is CCc1ccccc1CC(=O)NC(CCC(=O)O)Cc1ccccc1. The zero-order chi connectivity index (χ0) is 18.1. The van der Waals surface area contributed by atoms with Crippen LogP contribution >= 0.6 is 0 Å². The van der Waals surface area contributed by atoms with Gasteiger partial charge in [-0.3, -0.25) is 9.59 Å². The molecule has 0 spiro atoms. The minimum Gasteiger partial charge on any atom is -0.481 e. The third kappa shape index (κ3) is 6.42. The Morgan fingerprint density at radius 3 is 2.28 bits per heavy atom. The number of amides is 1. The van der Waals surface area contributed by atoms with Crippen LogP contribution in [0.4, 0.5) is 0 Å². The fraction of sp³-hybridized carbons (Fsp3) is 0.333. The molecular weight excluding hydrogens is 314 g/mol. The first-order chi connectivity index (χ1) is 12.1. The minimum atomic E-state index is -0.844. The molecule has 0 aliphatic heterocycles. The van der Waals surface area contributed by atoms with Crippen LogP contribution in [-0.4, -0.2) is 23.0 Å². The number of carboxylic acid groups (broad SMARTS) is 1. The topological polar surface area (TPSA) is 66.4 Å². The first kappa shape index (κ1) is 18.7. The van der Waals surface area contributed by atoms with Crippen molar-refractivity contribution in [1.82, 2.24) is 5.32 Å². The number of aliphatic carboxylic acids is 1. The van der Waals surface area contributed by atoms with Gasteiger partial charge in [0.05, 0.1) is 6.42 Å². The standard InChI is InChI=1S/C21H25NO3/c1-2-17-10-6-7-11-18(17)15-20(23)22-19(12-13-21(24)25)14-16-8-4-3-5-9-16/h3-11,19H,2,12-15H2,1H3,(H,22,23)(H,24,25). The molecule has 4 heteroatoms. The maximum atomic E-state index is 12.5. The Kier molecular flexibility index (Phi) is 7.20. The van der Waals surface area contributed by atoms with Crippen LogP contribution in [0, 0.1) is 0 Å². The molecule has 0 saturated carbocycles. The fourth-order valence-corrected chi connectivity index (χ4v) is 2.95. The van der Waals surface area contributed by atoms with E-state index in [4.69, 9.17) is 5.11 Å². The molecule has 2 rings (SSSR count). The molecular formula is C21H25NO3. The van der Waals surface area contributed by atoms with Crippen molar-refractivity contribution in [2.75, 3.05) is 0 Å². The second-order valence-corrected chi connectivity index (χ2v) is 6.19. The summed E-state index contributed by atoms with van der Waals surface area (Å²) in [6.07, 6.45) is 2.31. The van der Waals surface area contributed by atoms with E-state index in [9.17, 15) is 9.59 Å². The van der Waals surface area contributed by atoms with Gasteiger partial charge in [-0.05, 0) is 36.0 Å². The van der Waals surface area contributed by atoms with Gasteiger partial charge < -0.3 is 10.4 Å². The van der Waals surface area contributed by atoms with E-state index in [0.717, 1.165) is 17.5 Å². The van der Waals surface area contributed by atoms with E-state index in [1.807, 2.05) is 54.6 Å². The highest BCUT2D eigenvalue weighted by Gasteiger charge is 2.16. The second kappa shape index (κ2) is 9.62. The summed E-state index contributed by atoms with van der Waals surface area (Å²) in [6, 6.07) is 17.6. The van der Waals surface area contributed by atoms with E-state index in [-0.39, 0.29) is 18.4 Å². The van der Waals surface area contributed by atoms with Crippen LogP contribution in [0.15, 0.2) is 54.6 Å². The van der Waals surface area contributed by atoms with Crippen molar-refractivity contribution in [3.63, 3.8) is 0 Å². The van der Waals surface area contributed by atoms with Crippen molar-refractivity contribution in [3.8, 4) is 0 Å². The average Bonchev–Trinajstić information content (AvgIpc) is 2.61. The Labute approximate surface area is 148 Å². The first-order valence-corrected chi connectivity index (χ1v) is 8.70. The zero-order valence-electron chi connectivity index (χ0n) is 14.6. The summed E-state index contributed by atoms with van der Waals surface area (Å²) in [7, 11) is 0. The third-order valence-corrected chi connectivity index (χ3v) is 4.25. The fourth-order valence-electron chi connectivity index (χ4n) is 2.95. The van der Waals surface area contributed by atoms with Crippen molar-refractivity contribution in [2.24, 2.45) is 0 Å². The minimum absolute atomic E-state index is 0.0450. The molecule has 4 nitrogen and oxygen atoms in total. The summed E-state index contributed by atoms with van der Waals surface area (Å²) in [5, 5.41) is 12.0. The Morgan fingerprint density at radius 1 is 1.00 bits per heavy atom. The summed E-state index contributed by atoms with van der Waals surface area (Å²) in [5.74, 6) is -0.907. The zero-order valence-corrected chi connectivity index (χ0v) is 14.6. The van der Waals surface area contributed by atoms with Crippen molar-refractivity contribution < 1.29 is 14.7 Å². The maximum Gasteiger partial charge on any atom is 0.303 e. The number of hydrogen-bond acceptors (Lipinski definition) is 2. The summed E-state index contributed by atoms with van der Waals surface area (Å²) < 4.78 is 0. The lowest BCUT2D eigenvalue weighted by atomic mass is 9.99. The van der Waals surface area contributed by atoms with Gasteiger partial charge in [0.2, 0.25) is 5.91 Å². The van der Waals surface area contributed by atoms with Gasteiger partial charge >= 0.3 is 5.97 Å². The molecule has 0 saturated heterocycles. The quantitative estimate of drug-likeness (QED) is 0.736. The number of rotatable bonds is 9. The first-order valence-electron chi connectivity index (χ1n) is 8.70. The number of carbonyl (C=O) groups excluding carboxylic acids is 1. The van der Waals surface area contributed by atoms with Gasteiger partial charge in [-0.25, -0.2) is 0 Å². The van der Waals surface area contributed by atoms with Crippen LogP contribution in [-0.2, 0) is 28.9 Å². The summed E-state index contributed by atoms with van der Waals surface area (Å²) in [6.45, 7) is 2.07. The molecule has 0 fully saturated rings. The van der Waals surface area contributed by atoms with Crippen LogP contribution in [0.2, 0.25) is 0 Å². The molecule has 0 aliphatic carbocycles. The molecule has 2 aromatic rings. The van der Waals surface area contributed by atoms with E-state index in [1.54, 1.807) is 0 Å². The number of hydrogen-bond donors (Lipinski definition) is 2. The number of benzene rings is 2. The maximum absolute atomic E-state index is 12.5. The normalized spacial score (nSPS) is 11.7. The molecule has 2 aromatic carbocycles. The highest BCUT2D eigenvalue weighted by molar-refractivity contribution is 5.79. The Bertz CT molecular complexity index is 697. The van der Waals surface area contributed by atoms with Crippen LogP contribution < -0.4 is 5.32 Å². The van der Waals surface area contributed by atoms with Gasteiger partial charge in [0.15, 0.2) is 0 Å². The van der Waals surface area contributed by atoms with E-state index < -0.39 is 5.97 Å². The molecule has 0 aliphatic rings. The van der Waals surface area contributed by atoms with Crippen LogP contribution in [0.5, 0.6) is 0 Å². The van der Waals surface area contributed by atoms with Gasteiger partial charge in [-0.2, -0.15) is 0 Å². The van der Waals surface area contributed by atoms with E-state index in [0.29, 0.717) is 19.3 Å². The summed E-state index contributed by atoms with van der Waals surface area (Å²) >= 11 is 0. The van der Waals surface area contributed by atoms with Crippen molar-refractivity contribution in [3.05, 3.63) is 71.3 Å². The molecule has 1 atom stereocenters. The number of carboxylic acids is 1. The smallest absolute Gasteiger partial charge is 0.303 e. The number of nitrogens with one attached hydrogen (secondary N) is 1. The van der Waals surface area contributed by atoms with Crippen LogP contribution in [0.1, 0.15) is 36.5 Å². The van der Waals surface area contributed by atoms with Crippen molar-refractivity contribution >= 4 is 11.9 Å². The molecule has 2 N–H and O–H groups in total. The highest BCUT2D eigenvalue weighted by Crippen LogP contribution is 2.12. The lowest BCUT2D eigenvalue weighted by Gasteiger charge is -2.19. The largest absolute Gasteiger partial charge is 0.481 e.